The first-order valence-corrected chi connectivity index (χ1v) is 5.33. The first-order chi connectivity index (χ1) is 8.15. The molecule has 3 heterocycles. The van der Waals surface area contributed by atoms with Crippen molar-refractivity contribution in [2.75, 3.05) is 6.61 Å². The molecule has 3 N–H and O–H groups in total. The van der Waals surface area contributed by atoms with E-state index in [-0.39, 0.29) is 19.1 Å². The van der Waals surface area contributed by atoms with E-state index in [2.05, 4.69) is 10.3 Å². The third kappa shape index (κ3) is 1.25. The van der Waals surface area contributed by atoms with Gasteiger partial charge in [-0.15, -0.1) is 5.10 Å². The lowest BCUT2D eigenvalue weighted by Gasteiger charge is -2.33. The zero-order valence-electron chi connectivity index (χ0n) is 8.84. The topological polar surface area (TPSA) is 112 Å². The average molecular weight is 240 g/mol. The van der Waals surface area contributed by atoms with Gasteiger partial charge in [0.2, 0.25) is 0 Å². The fourth-order valence-corrected chi connectivity index (χ4v) is 2.59. The van der Waals surface area contributed by atoms with Crippen LogP contribution in [0.1, 0.15) is 10.5 Å². The lowest BCUT2D eigenvalue weighted by molar-refractivity contribution is 0.0173. The highest BCUT2D eigenvalue weighted by Gasteiger charge is 2.52. The Bertz CT molecular complexity index is 462. The molecule has 3 rings (SSSR count). The average Bonchev–Trinajstić information content (AvgIpc) is 2.87. The van der Waals surface area contributed by atoms with E-state index in [4.69, 9.17) is 0 Å². The fraction of sp³-hybridized carbons (Fsp3) is 0.667. The number of hydrogen-bond acceptors (Lipinski definition) is 6. The van der Waals surface area contributed by atoms with Crippen LogP contribution in [0.2, 0.25) is 0 Å². The zero-order chi connectivity index (χ0) is 12.2. The van der Waals surface area contributed by atoms with Crippen LogP contribution in [0.15, 0.2) is 6.20 Å². The van der Waals surface area contributed by atoms with Gasteiger partial charge in [0.1, 0.15) is 17.9 Å². The van der Waals surface area contributed by atoms with Crippen molar-refractivity contribution in [1.82, 2.24) is 19.9 Å². The predicted molar refractivity (Wildman–Crippen MR) is 52.9 cm³/mol. The van der Waals surface area contributed by atoms with Crippen molar-refractivity contribution in [2.24, 2.45) is 0 Å². The van der Waals surface area contributed by atoms with Crippen molar-refractivity contribution in [3.8, 4) is 0 Å². The number of fused-ring (bicyclic) bond motifs is 2. The molecule has 92 valence electrons. The number of aliphatic hydroxyl groups is 3. The second-order valence-electron chi connectivity index (χ2n) is 4.31. The Labute approximate surface area is 96.1 Å². The van der Waals surface area contributed by atoms with E-state index in [1.165, 1.54) is 15.8 Å². The maximum Gasteiger partial charge on any atom is 0.274 e. The number of aromatic nitrogens is 3. The largest absolute Gasteiger partial charge is 0.394 e. The molecule has 1 amide bonds. The van der Waals surface area contributed by atoms with Crippen molar-refractivity contribution in [3.63, 3.8) is 0 Å². The number of aliphatic hydroxyl groups excluding tert-OH is 3. The van der Waals surface area contributed by atoms with Gasteiger partial charge in [-0.05, 0) is 0 Å². The fourth-order valence-electron chi connectivity index (χ4n) is 2.59. The Morgan fingerprint density at radius 3 is 2.88 bits per heavy atom. The highest BCUT2D eigenvalue weighted by atomic mass is 16.3. The highest BCUT2D eigenvalue weighted by molar-refractivity contribution is 5.93. The van der Waals surface area contributed by atoms with Crippen molar-refractivity contribution in [1.29, 1.82) is 0 Å². The minimum absolute atomic E-state index is 0.274. The Morgan fingerprint density at radius 1 is 1.41 bits per heavy atom. The molecule has 0 spiro atoms. The molecule has 2 aliphatic heterocycles. The Morgan fingerprint density at radius 2 is 2.18 bits per heavy atom. The molecule has 2 aliphatic rings. The molecule has 0 radical (unpaired) electrons. The summed E-state index contributed by atoms with van der Waals surface area (Å²) in [7, 11) is 0. The van der Waals surface area contributed by atoms with Crippen LogP contribution in [0, 0.1) is 0 Å². The predicted octanol–water partition coefficient (Wildman–Crippen LogP) is -2.80. The molecule has 8 nitrogen and oxygen atoms in total. The summed E-state index contributed by atoms with van der Waals surface area (Å²) in [5.41, 5.74) is 0.306. The van der Waals surface area contributed by atoms with Crippen molar-refractivity contribution in [2.45, 2.75) is 30.8 Å². The summed E-state index contributed by atoms with van der Waals surface area (Å²) in [6, 6.07) is -1.34. The van der Waals surface area contributed by atoms with Gasteiger partial charge in [0.15, 0.2) is 0 Å². The molecule has 1 saturated heterocycles. The Balaban J connectivity index is 2.04. The lowest BCUT2D eigenvalue weighted by Crippen LogP contribution is -2.51. The molecule has 0 aliphatic carbocycles. The van der Waals surface area contributed by atoms with Crippen LogP contribution in [0.25, 0.3) is 0 Å². The maximum absolute atomic E-state index is 12.1. The van der Waals surface area contributed by atoms with Gasteiger partial charge in [-0.25, -0.2) is 4.68 Å². The number of nitrogens with zero attached hydrogens (tertiary/aromatic N) is 4. The van der Waals surface area contributed by atoms with Crippen molar-refractivity contribution in [3.05, 3.63) is 11.9 Å². The van der Waals surface area contributed by atoms with Gasteiger partial charge in [-0.1, -0.05) is 5.21 Å². The molecule has 4 atom stereocenters. The van der Waals surface area contributed by atoms with Gasteiger partial charge in [-0.2, -0.15) is 0 Å². The standard InChI is InChI=1S/C9H12N4O4/c14-3-6-8(16)7(15)5-2-12-4(1-10-11-12)9(17)13(5)6/h1,5-8,14-16H,2-3H2/t5-,6-,7+,8+/m0/s1. The number of rotatable bonds is 1. The molecule has 17 heavy (non-hydrogen) atoms. The maximum atomic E-state index is 12.1. The Hall–Kier alpha value is -1.51. The van der Waals surface area contributed by atoms with Crippen LogP contribution in [-0.2, 0) is 6.54 Å². The number of carbonyl (C=O) groups excluding carboxylic acids is 1. The molecule has 0 bridgehead atoms. The van der Waals surface area contributed by atoms with Crippen LogP contribution in [0.3, 0.4) is 0 Å². The summed E-state index contributed by atoms with van der Waals surface area (Å²) in [5.74, 6) is -0.374. The van der Waals surface area contributed by atoms with Gasteiger partial charge >= 0.3 is 0 Å². The second-order valence-corrected chi connectivity index (χ2v) is 4.31. The molecule has 0 aromatic carbocycles. The minimum Gasteiger partial charge on any atom is -0.394 e. The third-order valence-corrected chi connectivity index (χ3v) is 3.47. The first-order valence-electron chi connectivity index (χ1n) is 5.33. The van der Waals surface area contributed by atoms with Gasteiger partial charge in [0.25, 0.3) is 5.91 Å². The lowest BCUT2D eigenvalue weighted by atomic mass is 10.1. The summed E-state index contributed by atoms with van der Waals surface area (Å²) in [4.78, 5) is 13.4. The molecular weight excluding hydrogens is 228 g/mol. The van der Waals surface area contributed by atoms with Gasteiger partial charge < -0.3 is 20.2 Å². The van der Waals surface area contributed by atoms with E-state index in [1.54, 1.807) is 0 Å². The van der Waals surface area contributed by atoms with Crippen LogP contribution in [-0.4, -0.2) is 72.0 Å². The van der Waals surface area contributed by atoms with Crippen molar-refractivity contribution < 1.29 is 20.1 Å². The van der Waals surface area contributed by atoms with Crippen molar-refractivity contribution >= 4 is 5.91 Å². The first kappa shape index (κ1) is 10.6. The van der Waals surface area contributed by atoms with Gasteiger partial charge in [-0.3, -0.25) is 4.79 Å². The second kappa shape index (κ2) is 3.49. The monoisotopic (exact) mass is 240 g/mol. The van der Waals surface area contributed by atoms with E-state index >= 15 is 0 Å². The molecular formula is C9H12N4O4. The summed E-state index contributed by atoms with van der Waals surface area (Å²) in [6.45, 7) is -0.113. The minimum atomic E-state index is -1.13. The van der Waals surface area contributed by atoms with E-state index in [1.807, 2.05) is 0 Å². The Kier molecular flexibility index (Phi) is 2.18. The van der Waals surface area contributed by atoms with Crippen LogP contribution in [0.4, 0.5) is 0 Å². The molecule has 1 fully saturated rings. The van der Waals surface area contributed by atoms with Gasteiger partial charge in [0, 0.05) is 0 Å². The number of hydrogen-bond donors (Lipinski definition) is 3. The summed E-state index contributed by atoms with van der Waals surface area (Å²) in [6.07, 6.45) is -0.871. The molecule has 0 saturated carbocycles. The molecule has 0 unspecified atom stereocenters. The van der Waals surface area contributed by atoms with E-state index in [0.717, 1.165) is 0 Å². The van der Waals surface area contributed by atoms with Crippen LogP contribution >= 0.6 is 0 Å². The molecule has 8 heteroatoms. The highest BCUT2D eigenvalue weighted by Crippen LogP contribution is 2.30. The molecule has 1 aromatic heterocycles. The third-order valence-electron chi connectivity index (χ3n) is 3.47. The summed E-state index contributed by atoms with van der Waals surface area (Å²) in [5, 5.41) is 36.2. The molecule has 1 aromatic rings. The van der Waals surface area contributed by atoms with E-state index < -0.39 is 24.3 Å². The SMILES string of the molecule is O=C1c2cnnn2C[C@H]2[C@@H](O)[C@H](O)[C@H](CO)N12. The quantitative estimate of drug-likeness (QED) is 0.489. The van der Waals surface area contributed by atoms with E-state index in [0.29, 0.717) is 5.69 Å². The summed E-state index contributed by atoms with van der Waals surface area (Å²) >= 11 is 0. The van der Waals surface area contributed by atoms with Crippen LogP contribution < -0.4 is 0 Å². The van der Waals surface area contributed by atoms with E-state index in [9.17, 15) is 20.1 Å². The van der Waals surface area contributed by atoms with Gasteiger partial charge in [0.05, 0.1) is 31.4 Å². The number of amides is 1. The van der Waals surface area contributed by atoms with Crippen LogP contribution in [0.5, 0.6) is 0 Å². The zero-order valence-corrected chi connectivity index (χ0v) is 8.84. The summed E-state index contributed by atoms with van der Waals surface area (Å²) < 4.78 is 1.40. The number of carbonyl (C=O) groups is 1. The smallest absolute Gasteiger partial charge is 0.274 e. The normalized spacial score (nSPS) is 35.9.